The van der Waals surface area contributed by atoms with Crippen molar-refractivity contribution in [2.45, 2.75) is 24.9 Å². The van der Waals surface area contributed by atoms with Crippen LogP contribution in [-0.4, -0.2) is 23.7 Å². The minimum absolute atomic E-state index is 0.136. The van der Waals surface area contributed by atoms with Gasteiger partial charge in [0.1, 0.15) is 11.4 Å². The van der Waals surface area contributed by atoms with Crippen molar-refractivity contribution in [3.8, 4) is 5.75 Å². The molecule has 0 atom stereocenters. The van der Waals surface area contributed by atoms with Gasteiger partial charge in [0.15, 0.2) is 0 Å². The Bertz CT molecular complexity index is 466. The number of nitro benzene ring substituents is 1. The maximum atomic E-state index is 10.7. The summed E-state index contributed by atoms with van der Waals surface area (Å²) in [6, 6.07) is 4.83. The van der Waals surface area contributed by atoms with Crippen LogP contribution in [0.2, 0.25) is 0 Å². The molecule has 3 rings (SSSR count). The molecule has 5 nitrogen and oxygen atoms in total. The Balaban J connectivity index is 1.89. The summed E-state index contributed by atoms with van der Waals surface area (Å²) in [6.45, 7) is 1.41. The van der Waals surface area contributed by atoms with E-state index in [4.69, 9.17) is 9.47 Å². The Kier molecular flexibility index (Phi) is 2.29. The first kappa shape index (κ1) is 10.5. The second-order valence-electron chi connectivity index (χ2n) is 4.62. The largest absolute Gasteiger partial charge is 0.486 e. The van der Waals surface area contributed by atoms with Crippen molar-refractivity contribution in [1.82, 2.24) is 0 Å². The van der Waals surface area contributed by atoms with Gasteiger partial charge in [-0.05, 0) is 6.07 Å². The molecule has 17 heavy (non-hydrogen) atoms. The Morgan fingerprint density at radius 2 is 2.06 bits per heavy atom. The highest BCUT2D eigenvalue weighted by Gasteiger charge is 2.41. The molecule has 1 aromatic carbocycles. The minimum Gasteiger partial charge on any atom is -0.486 e. The molecule has 2 aliphatic rings. The van der Waals surface area contributed by atoms with Crippen molar-refractivity contribution in [2.24, 2.45) is 0 Å². The fraction of sp³-hybridized carbons (Fsp3) is 0.500. The van der Waals surface area contributed by atoms with Crippen LogP contribution in [-0.2, 0) is 11.2 Å². The summed E-state index contributed by atoms with van der Waals surface area (Å²) < 4.78 is 11.3. The van der Waals surface area contributed by atoms with Crippen LogP contribution in [0.3, 0.4) is 0 Å². The molecule has 1 spiro atoms. The topological polar surface area (TPSA) is 61.6 Å². The number of nitrogens with zero attached hydrogens (tertiary/aromatic N) is 1. The molecule has 2 heterocycles. The lowest BCUT2D eigenvalue weighted by molar-refractivity contribution is -0.384. The molecule has 5 heteroatoms. The average molecular weight is 235 g/mol. The number of non-ortho nitro benzene ring substituents is 1. The van der Waals surface area contributed by atoms with Crippen LogP contribution in [0.15, 0.2) is 18.2 Å². The van der Waals surface area contributed by atoms with Crippen LogP contribution in [0.4, 0.5) is 5.69 Å². The van der Waals surface area contributed by atoms with Gasteiger partial charge in [-0.2, -0.15) is 0 Å². The van der Waals surface area contributed by atoms with Gasteiger partial charge in [0, 0.05) is 37.0 Å². The van der Waals surface area contributed by atoms with Gasteiger partial charge >= 0.3 is 0 Å². The highest BCUT2D eigenvalue weighted by Crippen LogP contribution is 2.41. The molecular formula is C12H13NO4. The molecule has 0 bridgehead atoms. The highest BCUT2D eigenvalue weighted by molar-refractivity contribution is 5.47. The summed E-state index contributed by atoms with van der Waals surface area (Å²) >= 11 is 0. The minimum atomic E-state index is -0.366. The second-order valence-corrected chi connectivity index (χ2v) is 4.62. The highest BCUT2D eigenvalue weighted by atomic mass is 16.6. The second kappa shape index (κ2) is 3.70. The monoisotopic (exact) mass is 235 g/mol. The standard InChI is InChI=1S/C12H13NO4/c14-13(15)10-1-2-11-9(7-10)8-12(17-11)3-5-16-6-4-12/h1-2,7H,3-6,8H2. The van der Waals surface area contributed by atoms with Crippen LogP contribution in [0.1, 0.15) is 18.4 Å². The van der Waals surface area contributed by atoms with Crippen molar-refractivity contribution in [1.29, 1.82) is 0 Å². The molecule has 0 radical (unpaired) electrons. The number of fused-ring (bicyclic) bond motifs is 1. The van der Waals surface area contributed by atoms with E-state index in [1.165, 1.54) is 6.07 Å². The predicted octanol–water partition coefficient (Wildman–Crippen LogP) is 2.08. The average Bonchev–Trinajstić information content (AvgIpc) is 2.66. The summed E-state index contributed by atoms with van der Waals surface area (Å²) in [7, 11) is 0. The number of ether oxygens (including phenoxy) is 2. The molecule has 1 aromatic rings. The van der Waals surface area contributed by atoms with Crippen molar-refractivity contribution >= 4 is 5.69 Å². The molecule has 1 saturated heterocycles. The predicted molar refractivity (Wildman–Crippen MR) is 60.2 cm³/mol. The number of nitro groups is 1. The van der Waals surface area contributed by atoms with Crippen LogP contribution in [0, 0.1) is 10.1 Å². The van der Waals surface area contributed by atoms with Crippen LogP contribution >= 0.6 is 0 Å². The van der Waals surface area contributed by atoms with Crippen molar-refractivity contribution in [3.63, 3.8) is 0 Å². The summed E-state index contributed by atoms with van der Waals surface area (Å²) in [6.07, 6.45) is 2.47. The Labute approximate surface area is 98.5 Å². The molecule has 0 aliphatic carbocycles. The number of rotatable bonds is 1. The summed E-state index contributed by atoms with van der Waals surface area (Å²) in [5.74, 6) is 0.789. The molecule has 0 N–H and O–H groups in total. The van der Waals surface area contributed by atoms with Crippen molar-refractivity contribution in [3.05, 3.63) is 33.9 Å². The van der Waals surface area contributed by atoms with E-state index in [0.717, 1.165) is 30.6 Å². The molecule has 0 unspecified atom stereocenters. The van der Waals surface area contributed by atoms with Gasteiger partial charge in [0.05, 0.1) is 18.1 Å². The third kappa shape index (κ3) is 1.76. The number of hydrogen-bond donors (Lipinski definition) is 0. The van der Waals surface area contributed by atoms with E-state index < -0.39 is 0 Å². The van der Waals surface area contributed by atoms with Crippen molar-refractivity contribution < 1.29 is 14.4 Å². The molecule has 0 saturated carbocycles. The lowest BCUT2D eigenvalue weighted by Crippen LogP contribution is -2.40. The van der Waals surface area contributed by atoms with E-state index in [1.54, 1.807) is 12.1 Å². The van der Waals surface area contributed by atoms with Crippen molar-refractivity contribution in [2.75, 3.05) is 13.2 Å². The van der Waals surface area contributed by atoms with Gasteiger partial charge in [0.2, 0.25) is 0 Å². The molecule has 0 amide bonds. The Morgan fingerprint density at radius 3 is 2.76 bits per heavy atom. The molecule has 0 aromatic heterocycles. The Morgan fingerprint density at radius 1 is 1.29 bits per heavy atom. The zero-order valence-corrected chi connectivity index (χ0v) is 9.35. The van der Waals surface area contributed by atoms with E-state index >= 15 is 0 Å². The fourth-order valence-corrected chi connectivity index (χ4v) is 2.56. The lowest BCUT2D eigenvalue weighted by atomic mass is 9.89. The zero-order chi connectivity index (χ0) is 11.9. The van der Waals surface area contributed by atoms with Gasteiger partial charge in [-0.3, -0.25) is 10.1 Å². The van der Waals surface area contributed by atoms with E-state index in [1.807, 2.05) is 0 Å². The van der Waals surface area contributed by atoms with Crippen LogP contribution in [0.5, 0.6) is 5.75 Å². The SMILES string of the molecule is O=[N+]([O-])c1ccc2c(c1)CC1(CCOCC1)O2. The van der Waals surface area contributed by atoms with E-state index in [2.05, 4.69) is 0 Å². The molecule has 90 valence electrons. The third-order valence-corrected chi connectivity index (χ3v) is 3.50. The fourth-order valence-electron chi connectivity index (χ4n) is 2.56. The van der Waals surface area contributed by atoms with Crippen LogP contribution in [0.25, 0.3) is 0 Å². The summed E-state index contributed by atoms with van der Waals surface area (Å²) in [4.78, 5) is 10.3. The number of benzene rings is 1. The maximum absolute atomic E-state index is 10.7. The summed E-state index contributed by atoms with van der Waals surface area (Å²) in [5, 5.41) is 10.7. The first-order chi connectivity index (χ1) is 8.19. The van der Waals surface area contributed by atoms with E-state index in [0.29, 0.717) is 13.2 Å². The maximum Gasteiger partial charge on any atom is 0.269 e. The van der Waals surface area contributed by atoms with E-state index in [-0.39, 0.29) is 16.2 Å². The van der Waals surface area contributed by atoms with Gasteiger partial charge in [-0.15, -0.1) is 0 Å². The van der Waals surface area contributed by atoms with Gasteiger partial charge in [-0.25, -0.2) is 0 Å². The van der Waals surface area contributed by atoms with Gasteiger partial charge in [0.25, 0.3) is 5.69 Å². The van der Waals surface area contributed by atoms with Gasteiger partial charge in [-0.1, -0.05) is 0 Å². The first-order valence-electron chi connectivity index (χ1n) is 5.73. The van der Waals surface area contributed by atoms with Gasteiger partial charge < -0.3 is 9.47 Å². The smallest absolute Gasteiger partial charge is 0.269 e. The third-order valence-electron chi connectivity index (χ3n) is 3.50. The quantitative estimate of drug-likeness (QED) is 0.552. The summed E-state index contributed by atoms with van der Waals surface area (Å²) in [5.41, 5.74) is 0.896. The van der Waals surface area contributed by atoms with Crippen LogP contribution < -0.4 is 4.74 Å². The zero-order valence-electron chi connectivity index (χ0n) is 9.35. The normalized spacial score (nSPS) is 20.9. The lowest BCUT2D eigenvalue weighted by Gasteiger charge is -2.32. The number of hydrogen-bond acceptors (Lipinski definition) is 4. The molecule has 1 fully saturated rings. The molecule has 2 aliphatic heterocycles. The molecular weight excluding hydrogens is 222 g/mol. The first-order valence-corrected chi connectivity index (χ1v) is 5.73. The van der Waals surface area contributed by atoms with E-state index in [9.17, 15) is 10.1 Å². The Hall–Kier alpha value is -1.62.